The van der Waals surface area contributed by atoms with E-state index in [1.165, 1.54) is 28.6 Å². The third-order valence-electron chi connectivity index (χ3n) is 4.78. The van der Waals surface area contributed by atoms with Gasteiger partial charge >= 0.3 is 0 Å². The number of nitrogens with zero attached hydrogens (tertiary/aromatic N) is 1. The van der Waals surface area contributed by atoms with E-state index in [-0.39, 0.29) is 28.0 Å². The van der Waals surface area contributed by atoms with Crippen LogP contribution in [0.5, 0.6) is 0 Å². The molecule has 1 N–H and O–H groups in total. The van der Waals surface area contributed by atoms with Gasteiger partial charge in [-0.2, -0.15) is 4.31 Å². The normalized spacial score (nSPS) is 20.4. The summed E-state index contributed by atoms with van der Waals surface area (Å²) in [7, 11) is -3.84. The molecule has 2 aromatic carbocycles. The minimum absolute atomic E-state index is 0.116. The Bertz CT molecular complexity index is 1020. The predicted octanol–water partition coefficient (Wildman–Crippen LogP) is 5.05. The average Bonchev–Trinajstić information content (AvgIpc) is 2.60. The van der Waals surface area contributed by atoms with Crippen LogP contribution in [0.3, 0.4) is 0 Å². The van der Waals surface area contributed by atoms with E-state index in [1.54, 1.807) is 0 Å². The van der Waals surface area contributed by atoms with Crippen molar-refractivity contribution in [2.45, 2.75) is 25.2 Å². The molecule has 5 nitrogen and oxygen atoms in total. The largest absolute Gasteiger partial charge is 0.322 e. The Labute approximate surface area is 179 Å². The summed E-state index contributed by atoms with van der Waals surface area (Å²) in [6, 6.07) is 7.65. The van der Waals surface area contributed by atoms with Crippen molar-refractivity contribution in [2.24, 2.45) is 11.8 Å². The van der Waals surface area contributed by atoms with Gasteiger partial charge in [0.15, 0.2) is 0 Å². The van der Waals surface area contributed by atoms with Crippen molar-refractivity contribution in [3.8, 4) is 0 Å². The third kappa shape index (κ3) is 5.09. The van der Waals surface area contributed by atoms with Crippen LogP contribution in [0.2, 0.25) is 10.0 Å². The van der Waals surface area contributed by atoms with E-state index in [4.69, 9.17) is 23.2 Å². The fraction of sp³-hybridized carbons (Fsp3) is 0.350. The zero-order valence-electron chi connectivity index (χ0n) is 16.0. The number of piperidine rings is 1. The van der Waals surface area contributed by atoms with Crippen molar-refractivity contribution in [3.63, 3.8) is 0 Å². The number of halogens is 3. The van der Waals surface area contributed by atoms with Crippen LogP contribution in [0.25, 0.3) is 0 Å². The standard InChI is InChI=1S/C20H21Cl2FN2O3S/c1-12-5-13(2)11-25(10-12)29(27,28)17-3-4-19(23)18(9-17)20(26)24-16-7-14(21)6-15(22)8-16/h3-4,6-9,12-13H,5,10-11H2,1-2H3,(H,24,26)/t12-,13+. The van der Waals surface area contributed by atoms with Crippen molar-refractivity contribution < 1.29 is 17.6 Å². The smallest absolute Gasteiger partial charge is 0.258 e. The molecule has 2 atom stereocenters. The average molecular weight is 459 g/mol. The molecule has 9 heteroatoms. The highest BCUT2D eigenvalue weighted by molar-refractivity contribution is 7.89. The highest BCUT2D eigenvalue weighted by atomic mass is 35.5. The summed E-state index contributed by atoms with van der Waals surface area (Å²) >= 11 is 11.8. The molecule has 0 spiro atoms. The molecule has 0 radical (unpaired) electrons. The van der Waals surface area contributed by atoms with Crippen molar-refractivity contribution in [2.75, 3.05) is 18.4 Å². The quantitative estimate of drug-likeness (QED) is 0.696. The number of carbonyl (C=O) groups excluding carboxylic acids is 1. The molecule has 0 aromatic heterocycles. The molecule has 0 aliphatic carbocycles. The number of hydrogen-bond donors (Lipinski definition) is 1. The lowest BCUT2D eigenvalue weighted by Gasteiger charge is -2.34. The summed E-state index contributed by atoms with van der Waals surface area (Å²) < 4.78 is 41.8. The molecule has 156 valence electrons. The lowest BCUT2D eigenvalue weighted by molar-refractivity contribution is 0.102. The van der Waals surface area contributed by atoms with Crippen molar-refractivity contribution >= 4 is 44.8 Å². The van der Waals surface area contributed by atoms with E-state index in [0.29, 0.717) is 23.1 Å². The van der Waals surface area contributed by atoms with Crippen LogP contribution in [-0.4, -0.2) is 31.7 Å². The van der Waals surface area contributed by atoms with Crippen LogP contribution in [-0.2, 0) is 10.0 Å². The van der Waals surface area contributed by atoms with Gasteiger partial charge in [-0.15, -0.1) is 0 Å². The van der Waals surface area contributed by atoms with Crippen LogP contribution in [0.1, 0.15) is 30.6 Å². The lowest BCUT2D eigenvalue weighted by atomic mass is 9.94. The maximum absolute atomic E-state index is 14.3. The molecule has 2 aromatic rings. The maximum atomic E-state index is 14.3. The van der Waals surface area contributed by atoms with Gasteiger partial charge in [0.25, 0.3) is 5.91 Å². The summed E-state index contributed by atoms with van der Waals surface area (Å²) in [6.45, 7) is 4.79. The van der Waals surface area contributed by atoms with Gasteiger partial charge in [0, 0.05) is 28.8 Å². The van der Waals surface area contributed by atoms with Gasteiger partial charge in [-0.05, 0) is 54.7 Å². The maximum Gasteiger partial charge on any atom is 0.258 e. The van der Waals surface area contributed by atoms with Crippen LogP contribution in [0.4, 0.5) is 10.1 Å². The number of amides is 1. The van der Waals surface area contributed by atoms with Crippen molar-refractivity contribution in [1.29, 1.82) is 0 Å². The highest BCUT2D eigenvalue weighted by Crippen LogP contribution is 2.28. The van der Waals surface area contributed by atoms with Crippen LogP contribution >= 0.6 is 23.2 Å². The zero-order chi connectivity index (χ0) is 21.3. The molecule has 1 fully saturated rings. The number of rotatable bonds is 4. The Morgan fingerprint density at radius 2 is 1.66 bits per heavy atom. The predicted molar refractivity (Wildman–Crippen MR) is 113 cm³/mol. The van der Waals surface area contributed by atoms with E-state index >= 15 is 0 Å². The zero-order valence-corrected chi connectivity index (χ0v) is 18.3. The van der Waals surface area contributed by atoms with E-state index in [0.717, 1.165) is 18.6 Å². The molecule has 1 saturated heterocycles. The topological polar surface area (TPSA) is 66.5 Å². The molecular weight excluding hydrogens is 438 g/mol. The molecule has 0 unspecified atom stereocenters. The monoisotopic (exact) mass is 458 g/mol. The van der Waals surface area contributed by atoms with Crippen LogP contribution in [0, 0.1) is 17.7 Å². The van der Waals surface area contributed by atoms with E-state index in [1.807, 2.05) is 13.8 Å². The first-order chi connectivity index (χ1) is 13.6. The summed E-state index contributed by atoms with van der Waals surface area (Å²) in [5.74, 6) is -1.16. The Balaban J connectivity index is 1.90. The van der Waals surface area contributed by atoms with Crippen LogP contribution in [0.15, 0.2) is 41.3 Å². The third-order valence-corrected chi connectivity index (χ3v) is 7.04. The summed E-state index contributed by atoms with van der Waals surface area (Å²) in [5, 5.41) is 3.10. The van der Waals surface area contributed by atoms with Gasteiger partial charge in [0.05, 0.1) is 10.5 Å². The Kier molecular flexibility index (Phi) is 6.53. The van der Waals surface area contributed by atoms with Gasteiger partial charge in [-0.1, -0.05) is 37.0 Å². The number of nitrogens with one attached hydrogen (secondary N) is 1. The first-order valence-electron chi connectivity index (χ1n) is 9.13. The molecule has 1 heterocycles. The fourth-order valence-electron chi connectivity index (χ4n) is 3.61. The second kappa shape index (κ2) is 8.60. The summed E-state index contributed by atoms with van der Waals surface area (Å²) in [6.07, 6.45) is 0.950. The van der Waals surface area contributed by atoms with E-state index in [2.05, 4.69) is 5.32 Å². The van der Waals surface area contributed by atoms with Gasteiger partial charge in [-0.25, -0.2) is 12.8 Å². The number of hydrogen-bond acceptors (Lipinski definition) is 3. The number of sulfonamides is 1. The Morgan fingerprint density at radius 1 is 1.07 bits per heavy atom. The molecular formula is C20H21Cl2FN2O3S. The van der Waals surface area contributed by atoms with Gasteiger partial charge in [-0.3, -0.25) is 4.79 Å². The number of carbonyl (C=O) groups is 1. The van der Waals surface area contributed by atoms with E-state index < -0.39 is 21.7 Å². The van der Waals surface area contributed by atoms with Crippen LogP contribution < -0.4 is 5.32 Å². The second-order valence-corrected chi connectivity index (χ2v) is 10.3. The second-order valence-electron chi connectivity index (χ2n) is 7.52. The molecule has 1 aliphatic rings. The highest BCUT2D eigenvalue weighted by Gasteiger charge is 2.32. The molecule has 29 heavy (non-hydrogen) atoms. The van der Waals surface area contributed by atoms with Gasteiger partial charge < -0.3 is 5.32 Å². The Hall–Kier alpha value is -1.67. The molecule has 1 aliphatic heterocycles. The van der Waals surface area contributed by atoms with E-state index in [9.17, 15) is 17.6 Å². The number of benzene rings is 2. The van der Waals surface area contributed by atoms with Gasteiger partial charge in [0.1, 0.15) is 5.82 Å². The molecule has 0 saturated carbocycles. The first-order valence-corrected chi connectivity index (χ1v) is 11.3. The number of anilines is 1. The molecule has 0 bridgehead atoms. The molecule has 1 amide bonds. The van der Waals surface area contributed by atoms with Gasteiger partial charge in [0.2, 0.25) is 10.0 Å². The minimum atomic E-state index is -3.84. The summed E-state index contributed by atoms with van der Waals surface area (Å²) in [5.41, 5.74) is -0.0980. The molecule has 3 rings (SSSR count). The minimum Gasteiger partial charge on any atom is -0.322 e. The fourth-order valence-corrected chi connectivity index (χ4v) is 5.85. The van der Waals surface area contributed by atoms with Crippen molar-refractivity contribution in [3.05, 3.63) is 57.8 Å². The van der Waals surface area contributed by atoms with Crippen molar-refractivity contribution in [1.82, 2.24) is 4.31 Å². The SMILES string of the molecule is C[C@@H]1C[C@H](C)CN(S(=O)(=O)c2ccc(F)c(C(=O)Nc3cc(Cl)cc(Cl)c3)c2)C1. The summed E-state index contributed by atoms with van der Waals surface area (Å²) in [4.78, 5) is 12.5. The lowest BCUT2D eigenvalue weighted by Crippen LogP contribution is -2.42. The first kappa shape index (κ1) is 22.0. The Morgan fingerprint density at radius 3 is 2.24 bits per heavy atom.